The number of ether oxygens (including phenoxy) is 1. The molecule has 0 saturated heterocycles. The number of methoxy groups -OCH3 is 1. The minimum absolute atomic E-state index is 0.250. The van der Waals surface area contributed by atoms with Crippen molar-refractivity contribution in [3.63, 3.8) is 0 Å². The minimum atomic E-state index is -0.798. The number of halogens is 2. The van der Waals surface area contributed by atoms with Crippen LogP contribution in [0.5, 0.6) is 5.75 Å². The van der Waals surface area contributed by atoms with Gasteiger partial charge >= 0.3 is 0 Å². The number of benzene rings is 1. The summed E-state index contributed by atoms with van der Waals surface area (Å²) in [5, 5.41) is 21.4. The summed E-state index contributed by atoms with van der Waals surface area (Å²) in [5.74, 6) is 0.547. The third-order valence-electron chi connectivity index (χ3n) is 1.98. The highest BCUT2D eigenvalue weighted by molar-refractivity contribution is 9.10. The molecule has 1 rings (SSSR count). The zero-order chi connectivity index (χ0) is 12.1. The maximum Gasteiger partial charge on any atom is 0.139 e. The van der Waals surface area contributed by atoms with E-state index in [9.17, 15) is 5.11 Å². The second-order valence-electron chi connectivity index (χ2n) is 3.18. The van der Waals surface area contributed by atoms with Crippen LogP contribution < -0.4 is 10.1 Å². The maximum atomic E-state index is 9.21. The van der Waals surface area contributed by atoms with Crippen LogP contribution in [0.4, 0.5) is 5.69 Å². The van der Waals surface area contributed by atoms with E-state index in [0.29, 0.717) is 10.8 Å². The Balaban J connectivity index is 2.79. The summed E-state index contributed by atoms with van der Waals surface area (Å²) in [4.78, 5) is 0. The summed E-state index contributed by atoms with van der Waals surface area (Å²) in [6.45, 7) is -0.0325. The Bertz CT molecular complexity index is 362. The molecule has 1 atom stereocenters. The molecule has 0 saturated carbocycles. The molecule has 0 aliphatic carbocycles. The molecule has 1 unspecified atom stereocenters. The highest BCUT2D eigenvalue weighted by Crippen LogP contribution is 2.34. The number of hydrogen-bond acceptors (Lipinski definition) is 4. The lowest BCUT2D eigenvalue weighted by Gasteiger charge is -2.13. The highest BCUT2D eigenvalue weighted by atomic mass is 79.9. The first-order chi connectivity index (χ1) is 7.58. The van der Waals surface area contributed by atoms with Crippen LogP contribution in [-0.2, 0) is 0 Å². The molecule has 0 heterocycles. The Morgan fingerprint density at radius 1 is 1.56 bits per heavy atom. The lowest BCUT2D eigenvalue weighted by atomic mass is 10.3. The Kier molecular flexibility index (Phi) is 5.34. The van der Waals surface area contributed by atoms with E-state index >= 15 is 0 Å². The van der Waals surface area contributed by atoms with E-state index in [1.54, 1.807) is 12.1 Å². The van der Waals surface area contributed by atoms with Crippen LogP contribution in [0.3, 0.4) is 0 Å². The molecular formula is C10H13BrClNO3. The van der Waals surface area contributed by atoms with Crippen molar-refractivity contribution in [3.8, 4) is 5.75 Å². The number of nitrogens with one attached hydrogen (secondary N) is 1. The first-order valence-electron chi connectivity index (χ1n) is 4.64. The van der Waals surface area contributed by atoms with E-state index in [4.69, 9.17) is 21.4 Å². The van der Waals surface area contributed by atoms with Crippen molar-refractivity contribution in [2.45, 2.75) is 6.10 Å². The van der Waals surface area contributed by atoms with Gasteiger partial charge in [-0.2, -0.15) is 0 Å². The number of rotatable bonds is 5. The van der Waals surface area contributed by atoms with Crippen molar-refractivity contribution in [2.24, 2.45) is 0 Å². The summed E-state index contributed by atoms with van der Waals surface area (Å²) < 4.78 is 5.84. The van der Waals surface area contributed by atoms with E-state index in [-0.39, 0.29) is 13.2 Å². The molecule has 1 aromatic rings. The summed E-state index contributed by atoms with van der Waals surface area (Å²) in [6.07, 6.45) is -0.798. The predicted octanol–water partition coefficient (Wildman–Crippen LogP) is 1.88. The van der Waals surface area contributed by atoms with E-state index < -0.39 is 6.10 Å². The molecule has 0 spiro atoms. The van der Waals surface area contributed by atoms with Gasteiger partial charge in [0, 0.05) is 17.1 Å². The molecule has 4 nitrogen and oxygen atoms in total. The zero-order valence-electron chi connectivity index (χ0n) is 8.70. The van der Waals surface area contributed by atoms with Crippen molar-refractivity contribution in [1.82, 2.24) is 0 Å². The average Bonchev–Trinajstić information content (AvgIpc) is 2.27. The molecule has 0 amide bonds. The molecule has 0 aliphatic heterocycles. The highest BCUT2D eigenvalue weighted by Gasteiger charge is 2.08. The lowest BCUT2D eigenvalue weighted by molar-refractivity contribution is 0.105. The molecular weight excluding hydrogens is 297 g/mol. The van der Waals surface area contributed by atoms with Gasteiger partial charge in [0.05, 0.1) is 30.5 Å². The molecule has 0 aliphatic rings. The van der Waals surface area contributed by atoms with E-state index in [1.165, 1.54) is 7.11 Å². The van der Waals surface area contributed by atoms with Crippen molar-refractivity contribution in [3.05, 3.63) is 21.6 Å². The zero-order valence-corrected chi connectivity index (χ0v) is 11.0. The molecule has 0 aromatic heterocycles. The Morgan fingerprint density at radius 2 is 2.25 bits per heavy atom. The third kappa shape index (κ3) is 3.52. The molecule has 0 bridgehead atoms. The van der Waals surface area contributed by atoms with Crippen LogP contribution in [0.1, 0.15) is 0 Å². The average molecular weight is 311 g/mol. The lowest BCUT2D eigenvalue weighted by Crippen LogP contribution is -2.23. The Morgan fingerprint density at radius 3 is 2.81 bits per heavy atom. The van der Waals surface area contributed by atoms with E-state index in [2.05, 4.69) is 21.2 Å². The number of aliphatic hydroxyl groups is 2. The number of aliphatic hydroxyl groups excluding tert-OH is 2. The monoisotopic (exact) mass is 309 g/mol. The number of anilines is 1. The summed E-state index contributed by atoms with van der Waals surface area (Å²) in [5.41, 5.74) is 0.744. The van der Waals surface area contributed by atoms with Crippen LogP contribution in [0.25, 0.3) is 0 Å². The van der Waals surface area contributed by atoms with Gasteiger partial charge in [-0.1, -0.05) is 11.6 Å². The topological polar surface area (TPSA) is 61.7 Å². The van der Waals surface area contributed by atoms with Crippen LogP contribution in [0.2, 0.25) is 5.02 Å². The third-order valence-corrected chi connectivity index (χ3v) is 2.93. The second-order valence-corrected chi connectivity index (χ2v) is 4.45. The molecule has 6 heteroatoms. The summed E-state index contributed by atoms with van der Waals surface area (Å²) in [7, 11) is 1.53. The van der Waals surface area contributed by atoms with Gasteiger partial charge in [-0.15, -0.1) is 0 Å². The maximum absolute atomic E-state index is 9.21. The van der Waals surface area contributed by atoms with Gasteiger partial charge in [-0.3, -0.25) is 0 Å². The fourth-order valence-corrected chi connectivity index (χ4v) is 1.97. The van der Waals surface area contributed by atoms with Gasteiger partial charge in [0.2, 0.25) is 0 Å². The molecule has 3 N–H and O–H groups in total. The van der Waals surface area contributed by atoms with Crippen LogP contribution in [0, 0.1) is 0 Å². The van der Waals surface area contributed by atoms with Gasteiger partial charge in [0.25, 0.3) is 0 Å². The van der Waals surface area contributed by atoms with E-state index in [1.807, 2.05) is 0 Å². The number of hydrogen-bond donors (Lipinski definition) is 3. The Labute approximate surface area is 107 Å². The van der Waals surface area contributed by atoms with E-state index in [0.717, 1.165) is 10.2 Å². The van der Waals surface area contributed by atoms with Crippen LogP contribution >= 0.6 is 27.5 Å². The SMILES string of the molecule is COc1cc(NCC(O)CO)c(Br)cc1Cl. The van der Waals surface area contributed by atoms with Gasteiger partial charge in [-0.05, 0) is 22.0 Å². The van der Waals surface area contributed by atoms with Crippen LogP contribution in [-0.4, -0.2) is 36.6 Å². The first-order valence-corrected chi connectivity index (χ1v) is 5.81. The quantitative estimate of drug-likeness (QED) is 0.777. The van der Waals surface area contributed by atoms with Gasteiger partial charge in [0.15, 0.2) is 0 Å². The fourth-order valence-electron chi connectivity index (χ4n) is 1.11. The van der Waals surface area contributed by atoms with Crippen molar-refractivity contribution in [2.75, 3.05) is 25.6 Å². The molecule has 90 valence electrons. The van der Waals surface area contributed by atoms with Gasteiger partial charge in [0.1, 0.15) is 5.75 Å². The largest absolute Gasteiger partial charge is 0.495 e. The fraction of sp³-hybridized carbons (Fsp3) is 0.400. The summed E-state index contributed by atoms with van der Waals surface area (Å²) in [6, 6.07) is 3.42. The smallest absolute Gasteiger partial charge is 0.139 e. The standard InChI is InChI=1S/C10H13BrClNO3/c1-16-10-3-9(7(11)2-8(10)12)13-4-6(15)5-14/h2-3,6,13-15H,4-5H2,1H3. The van der Waals surface area contributed by atoms with Gasteiger partial charge in [-0.25, -0.2) is 0 Å². The first kappa shape index (κ1) is 13.6. The molecule has 16 heavy (non-hydrogen) atoms. The molecule has 0 fully saturated rings. The predicted molar refractivity (Wildman–Crippen MR) is 67.3 cm³/mol. The Hall–Kier alpha value is -0.490. The van der Waals surface area contributed by atoms with Crippen LogP contribution in [0.15, 0.2) is 16.6 Å². The van der Waals surface area contributed by atoms with Gasteiger partial charge < -0.3 is 20.3 Å². The summed E-state index contributed by atoms with van der Waals surface area (Å²) >= 11 is 9.26. The van der Waals surface area contributed by atoms with Crippen molar-refractivity contribution >= 4 is 33.2 Å². The normalized spacial score (nSPS) is 12.3. The minimum Gasteiger partial charge on any atom is -0.495 e. The molecule has 0 radical (unpaired) electrons. The van der Waals surface area contributed by atoms with Crippen molar-refractivity contribution in [1.29, 1.82) is 0 Å². The van der Waals surface area contributed by atoms with Crippen molar-refractivity contribution < 1.29 is 14.9 Å². The second kappa shape index (κ2) is 6.30. The molecule has 1 aromatic carbocycles.